The molecule has 2 aromatic carbocycles. The fourth-order valence-corrected chi connectivity index (χ4v) is 5.71. The van der Waals surface area contributed by atoms with Crippen LogP contribution in [0.3, 0.4) is 0 Å². The second-order valence-corrected chi connectivity index (χ2v) is 11.4. The fourth-order valence-electron chi connectivity index (χ4n) is 4.06. The van der Waals surface area contributed by atoms with Crippen molar-refractivity contribution in [1.29, 1.82) is 0 Å². The maximum absolute atomic E-state index is 14.0. The van der Waals surface area contributed by atoms with E-state index in [1.165, 1.54) is 69.6 Å². The van der Waals surface area contributed by atoms with Gasteiger partial charge in [-0.1, -0.05) is 0 Å². The second-order valence-electron chi connectivity index (χ2n) is 9.47. The number of sulfonamides is 1. The largest absolute Gasteiger partial charge is 0.461 e. The van der Waals surface area contributed by atoms with Crippen LogP contribution >= 0.6 is 0 Å². The molecule has 2 amide bonds. The molecular formula is C26H34N4O7S. The van der Waals surface area contributed by atoms with Gasteiger partial charge < -0.3 is 20.1 Å². The van der Waals surface area contributed by atoms with E-state index >= 15 is 0 Å². The minimum absolute atomic E-state index is 0.0253. The van der Waals surface area contributed by atoms with E-state index in [-0.39, 0.29) is 23.6 Å². The molecule has 0 aliphatic carbocycles. The summed E-state index contributed by atoms with van der Waals surface area (Å²) in [7, 11) is -0.914. The highest BCUT2D eigenvalue weighted by molar-refractivity contribution is 7.89. The van der Waals surface area contributed by atoms with Crippen molar-refractivity contribution in [3.8, 4) is 5.75 Å². The third-order valence-corrected chi connectivity index (χ3v) is 7.90. The predicted octanol–water partition coefficient (Wildman–Crippen LogP) is 2.86. The average molecular weight is 547 g/mol. The number of esters is 1. The normalized spacial score (nSPS) is 16.6. The monoisotopic (exact) mass is 546 g/mol. The summed E-state index contributed by atoms with van der Waals surface area (Å²) in [6.07, 6.45) is -0.228. The maximum Gasteiger partial charge on any atom is 0.414 e. The second kappa shape index (κ2) is 11.8. The quantitative estimate of drug-likeness (QED) is 0.394. The van der Waals surface area contributed by atoms with Gasteiger partial charge in [-0.25, -0.2) is 18.0 Å². The standard InChI is InChI=1S/C26H34N4O7S/c1-17(2)36-25(32)18(3)30(20-10-12-21(13-11-20)37-26(33)28(4)5)24(31)23-7-6-16-29(23)38(34,35)22-14-8-19(27)9-15-22/h8-15,17-18,23H,6-7,16,27H2,1-5H3/t18-,23-/m0/s1. The number of ether oxygens (including phenoxy) is 2. The van der Waals surface area contributed by atoms with E-state index < -0.39 is 46.2 Å². The molecule has 0 radical (unpaired) electrons. The van der Waals surface area contributed by atoms with Crippen molar-refractivity contribution >= 4 is 39.4 Å². The molecule has 38 heavy (non-hydrogen) atoms. The Morgan fingerprint density at radius 2 is 1.61 bits per heavy atom. The number of benzene rings is 2. The zero-order valence-electron chi connectivity index (χ0n) is 22.2. The molecule has 1 heterocycles. The van der Waals surface area contributed by atoms with Gasteiger partial charge in [-0.05, 0) is 82.1 Å². The lowest BCUT2D eigenvalue weighted by Crippen LogP contribution is -2.53. The molecule has 1 aliphatic rings. The lowest BCUT2D eigenvalue weighted by Gasteiger charge is -2.33. The summed E-state index contributed by atoms with van der Waals surface area (Å²) in [5.74, 6) is -0.958. The van der Waals surface area contributed by atoms with Crippen LogP contribution in [0, 0.1) is 0 Å². The lowest BCUT2D eigenvalue weighted by molar-refractivity contribution is -0.149. The van der Waals surface area contributed by atoms with Gasteiger partial charge in [0.15, 0.2) is 0 Å². The molecule has 2 atom stereocenters. The first-order valence-electron chi connectivity index (χ1n) is 12.2. The van der Waals surface area contributed by atoms with Gasteiger partial charge >= 0.3 is 12.1 Å². The van der Waals surface area contributed by atoms with Crippen molar-refractivity contribution in [2.24, 2.45) is 0 Å². The summed E-state index contributed by atoms with van der Waals surface area (Å²) in [5, 5.41) is 0. The van der Waals surface area contributed by atoms with E-state index in [1.807, 2.05) is 0 Å². The van der Waals surface area contributed by atoms with Crippen LogP contribution in [0.15, 0.2) is 53.4 Å². The van der Waals surface area contributed by atoms with E-state index in [0.29, 0.717) is 17.8 Å². The molecule has 0 aromatic heterocycles. The SMILES string of the molecule is CC(C)OC(=O)[C@H](C)N(C(=O)[C@@H]1CCCN1S(=O)(=O)c1ccc(N)cc1)c1ccc(OC(=O)N(C)C)cc1. The molecule has 0 spiro atoms. The van der Waals surface area contributed by atoms with Gasteiger partial charge in [0, 0.05) is 32.0 Å². The van der Waals surface area contributed by atoms with Crippen molar-refractivity contribution in [1.82, 2.24) is 9.21 Å². The minimum atomic E-state index is -4.01. The topological polar surface area (TPSA) is 140 Å². The van der Waals surface area contributed by atoms with Crippen LogP contribution < -0.4 is 15.4 Å². The molecule has 3 rings (SSSR count). The number of hydrogen-bond acceptors (Lipinski definition) is 8. The van der Waals surface area contributed by atoms with Crippen molar-refractivity contribution in [2.75, 3.05) is 31.3 Å². The molecule has 12 heteroatoms. The Kier molecular flexibility index (Phi) is 9.00. The first-order chi connectivity index (χ1) is 17.8. The van der Waals surface area contributed by atoms with Crippen LogP contribution in [0.2, 0.25) is 0 Å². The number of carbonyl (C=O) groups excluding carboxylic acids is 3. The minimum Gasteiger partial charge on any atom is -0.461 e. The number of carbonyl (C=O) groups is 3. The molecular weight excluding hydrogens is 512 g/mol. The first-order valence-corrected chi connectivity index (χ1v) is 13.7. The van der Waals surface area contributed by atoms with Crippen molar-refractivity contribution in [2.45, 2.75) is 56.7 Å². The van der Waals surface area contributed by atoms with Crippen LogP contribution in [0.4, 0.5) is 16.2 Å². The van der Waals surface area contributed by atoms with E-state index in [9.17, 15) is 22.8 Å². The van der Waals surface area contributed by atoms with Crippen molar-refractivity contribution < 1.29 is 32.3 Å². The lowest BCUT2D eigenvalue weighted by atomic mass is 10.1. The fraction of sp³-hybridized carbons (Fsp3) is 0.423. The number of nitrogens with two attached hydrogens (primary N) is 1. The highest BCUT2D eigenvalue weighted by Crippen LogP contribution is 2.31. The Morgan fingerprint density at radius 3 is 2.16 bits per heavy atom. The Bertz CT molecular complexity index is 1260. The van der Waals surface area contributed by atoms with Crippen molar-refractivity contribution in [3.05, 3.63) is 48.5 Å². The summed E-state index contributed by atoms with van der Waals surface area (Å²) >= 11 is 0. The van der Waals surface area contributed by atoms with Gasteiger partial charge in [0.2, 0.25) is 15.9 Å². The number of nitrogen functional groups attached to an aromatic ring is 1. The highest BCUT2D eigenvalue weighted by atomic mass is 32.2. The van der Waals surface area contributed by atoms with Gasteiger partial charge in [0.05, 0.1) is 11.0 Å². The molecule has 0 saturated carbocycles. The Balaban J connectivity index is 1.96. The van der Waals surface area contributed by atoms with E-state index in [2.05, 4.69) is 0 Å². The third kappa shape index (κ3) is 6.43. The van der Waals surface area contributed by atoms with Crippen molar-refractivity contribution in [3.63, 3.8) is 0 Å². The average Bonchev–Trinajstić information content (AvgIpc) is 3.36. The first kappa shape index (κ1) is 28.9. The molecule has 11 nitrogen and oxygen atoms in total. The van der Waals surface area contributed by atoms with Gasteiger partial charge in [-0.15, -0.1) is 0 Å². The molecule has 0 unspecified atom stereocenters. The van der Waals surface area contributed by atoms with Crippen LogP contribution in [0.1, 0.15) is 33.6 Å². The summed E-state index contributed by atoms with van der Waals surface area (Å²) in [6, 6.07) is 9.75. The number of rotatable bonds is 8. The van der Waals surface area contributed by atoms with Crippen LogP contribution in [-0.4, -0.2) is 74.4 Å². The number of nitrogens with zero attached hydrogens (tertiary/aromatic N) is 3. The summed E-state index contributed by atoms with van der Waals surface area (Å²) in [4.78, 5) is 41.3. The summed E-state index contributed by atoms with van der Waals surface area (Å²) < 4.78 is 38.7. The smallest absolute Gasteiger partial charge is 0.414 e. The van der Waals surface area contributed by atoms with Gasteiger partial charge in [0.25, 0.3) is 0 Å². The Labute approximate surface area is 223 Å². The van der Waals surface area contributed by atoms with Crippen LogP contribution in [0.25, 0.3) is 0 Å². The molecule has 2 N–H and O–H groups in total. The molecule has 1 saturated heterocycles. The van der Waals surface area contributed by atoms with Gasteiger partial charge in [-0.3, -0.25) is 9.69 Å². The number of amides is 2. The predicted molar refractivity (Wildman–Crippen MR) is 142 cm³/mol. The summed E-state index contributed by atoms with van der Waals surface area (Å²) in [5.41, 5.74) is 6.45. The molecule has 206 valence electrons. The molecule has 0 bridgehead atoms. The Hall–Kier alpha value is -3.64. The Morgan fingerprint density at radius 1 is 1.00 bits per heavy atom. The van der Waals surface area contributed by atoms with Crippen LogP contribution in [0.5, 0.6) is 5.75 Å². The molecule has 2 aromatic rings. The zero-order valence-corrected chi connectivity index (χ0v) is 23.0. The number of hydrogen-bond donors (Lipinski definition) is 1. The molecule has 1 aliphatic heterocycles. The summed E-state index contributed by atoms with van der Waals surface area (Å²) in [6.45, 7) is 5.07. The highest BCUT2D eigenvalue weighted by Gasteiger charge is 2.43. The van der Waals surface area contributed by atoms with Gasteiger partial charge in [0.1, 0.15) is 17.8 Å². The van der Waals surface area contributed by atoms with E-state index in [1.54, 1.807) is 27.9 Å². The van der Waals surface area contributed by atoms with Crippen LogP contribution in [-0.2, 0) is 24.3 Å². The van der Waals surface area contributed by atoms with E-state index in [4.69, 9.17) is 15.2 Å². The van der Waals surface area contributed by atoms with Gasteiger partial charge in [-0.2, -0.15) is 4.31 Å². The van der Waals surface area contributed by atoms with E-state index in [0.717, 1.165) is 0 Å². The molecule has 1 fully saturated rings. The maximum atomic E-state index is 14.0. The number of anilines is 2. The third-order valence-electron chi connectivity index (χ3n) is 5.98. The zero-order chi connectivity index (χ0) is 28.2.